The summed E-state index contributed by atoms with van der Waals surface area (Å²) in [5.74, 6) is 0.234. The van der Waals surface area contributed by atoms with Crippen molar-refractivity contribution in [3.05, 3.63) is 36.3 Å². The zero-order chi connectivity index (χ0) is 20.8. The van der Waals surface area contributed by atoms with E-state index in [1.54, 1.807) is 0 Å². The maximum atomic E-state index is 14.1. The first-order valence-corrected chi connectivity index (χ1v) is 10.7. The number of aromatic nitrogens is 2. The van der Waals surface area contributed by atoms with Gasteiger partial charge in [-0.1, -0.05) is 0 Å². The molecule has 0 amide bonds. The van der Waals surface area contributed by atoms with Gasteiger partial charge in [-0.2, -0.15) is 9.37 Å². The predicted molar refractivity (Wildman–Crippen MR) is 115 cm³/mol. The Bertz CT molecular complexity index is 806. The highest BCUT2D eigenvalue weighted by atomic mass is 19.1. The highest BCUT2D eigenvalue weighted by Gasteiger charge is 2.21. The average Bonchev–Trinajstić information content (AvgIpc) is 2.81. The van der Waals surface area contributed by atoms with E-state index in [0.29, 0.717) is 24.5 Å². The maximum absolute atomic E-state index is 14.1. The number of benzene rings is 1. The number of hydrogen-bond donors (Lipinski definition) is 2. The van der Waals surface area contributed by atoms with Crippen LogP contribution >= 0.6 is 0 Å². The van der Waals surface area contributed by atoms with E-state index in [2.05, 4.69) is 37.6 Å². The molecule has 2 fully saturated rings. The molecule has 0 unspecified atom stereocenters. The van der Waals surface area contributed by atoms with Gasteiger partial charge in [0.05, 0.1) is 26.0 Å². The van der Waals surface area contributed by atoms with Gasteiger partial charge in [0.1, 0.15) is 0 Å². The van der Waals surface area contributed by atoms with E-state index in [1.807, 2.05) is 19.2 Å². The molecule has 1 saturated heterocycles. The molecule has 4 rings (SSSR count). The lowest BCUT2D eigenvalue weighted by Gasteiger charge is -2.28. The van der Waals surface area contributed by atoms with Gasteiger partial charge in [0, 0.05) is 30.5 Å². The monoisotopic (exact) mass is 415 g/mol. The molecular formula is C22H30FN5O2. The molecule has 1 aliphatic heterocycles. The van der Waals surface area contributed by atoms with Gasteiger partial charge >= 0.3 is 0 Å². The van der Waals surface area contributed by atoms with Gasteiger partial charge in [0.25, 0.3) is 5.88 Å². The summed E-state index contributed by atoms with van der Waals surface area (Å²) in [6.07, 6.45) is 5.58. The van der Waals surface area contributed by atoms with Gasteiger partial charge in [-0.25, -0.2) is 4.98 Å². The summed E-state index contributed by atoms with van der Waals surface area (Å²) in [6, 6.07) is 8.63. The van der Waals surface area contributed by atoms with Crippen molar-refractivity contribution in [2.75, 3.05) is 50.2 Å². The molecule has 0 radical (unpaired) electrons. The number of ether oxygens (including phenoxy) is 2. The molecule has 0 spiro atoms. The zero-order valence-electron chi connectivity index (χ0n) is 17.4. The smallest absolute Gasteiger partial charge is 0.255 e. The number of nitrogens with zero attached hydrogens (tertiary/aromatic N) is 3. The van der Waals surface area contributed by atoms with Crippen molar-refractivity contribution >= 4 is 17.3 Å². The second-order valence-corrected chi connectivity index (χ2v) is 7.94. The fraction of sp³-hybridized carbons (Fsp3) is 0.545. The Morgan fingerprint density at radius 3 is 2.57 bits per heavy atom. The molecule has 2 heterocycles. The first-order valence-electron chi connectivity index (χ1n) is 10.7. The third kappa shape index (κ3) is 5.37. The molecule has 162 valence electrons. The quantitative estimate of drug-likeness (QED) is 0.719. The van der Waals surface area contributed by atoms with Crippen molar-refractivity contribution in [1.82, 2.24) is 15.3 Å². The van der Waals surface area contributed by atoms with Crippen LogP contribution in [0.1, 0.15) is 25.7 Å². The van der Waals surface area contributed by atoms with Crippen LogP contribution in [0.15, 0.2) is 30.5 Å². The van der Waals surface area contributed by atoms with Gasteiger partial charge in [-0.3, -0.25) is 0 Å². The van der Waals surface area contributed by atoms with Crippen LogP contribution in [0, 0.1) is 11.7 Å². The van der Waals surface area contributed by atoms with Crippen LogP contribution in [-0.2, 0) is 4.74 Å². The van der Waals surface area contributed by atoms with E-state index in [4.69, 9.17) is 9.47 Å². The largest absolute Gasteiger partial charge is 0.475 e. The molecule has 7 nitrogen and oxygen atoms in total. The maximum Gasteiger partial charge on any atom is 0.255 e. The lowest BCUT2D eigenvalue weighted by atomic mass is 9.87. The normalized spacial score (nSPS) is 22.0. The summed E-state index contributed by atoms with van der Waals surface area (Å²) in [5.41, 5.74) is 2.00. The summed E-state index contributed by atoms with van der Waals surface area (Å²) in [6.45, 7) is 3.78. The van der Waals surface area contributed by atoms with Crippen LogP contribution in [-0.4, -0.2) is 56.0 Å². The van der Waals surface area contributed by atoms with Gasteiger partial charge in [-0.15, -0.1) is 0 Å². The van der Waals surface area contributed by atoms with Crippen LogP contribution < -0.4 is 20.3 Å². The molecular weight excluding hydrogens is 385 g/mol. The minimum Gasteiger partial charge on any atom is -0.475 e. The van der Waals surface area contributed by atoms with Gasteiger partial charge in [-0.05, 0) is 62.9 Å². The van der Waals surface area contributed by atoms with Crippen LogP contribution in [0.3, 0.4) is 0 Å². The first kappa shape index (κ1) is 20.8. The van der Waals surface area contributed by atoms with Crippen molar-refractivity contribution < 1.29 is 13.9 Å². The third-order valence-corrected chi connectivity index (χ3v) is 5.92. The van der Waals surface area contributed by atoms with E-state index in [0.717, 1.165) is 69.6 Å². The predicted octanol–water partition coefficient (Wildman–Crippen LogP) is 3.35. The van der Waals surface area contributed by atoms with Crippen molar-refractivity contribution in [1.29, 1.82) is 0 Å². The Morgan fingerprint density at radius 2 is 1.87 bits per heavy atom. The highest BCUT2D eigenvalue weighted by Crippen LogP contribution is 2.26. The molecule has 1 aliphatic carbocycles. The second kappa shape index (κ2) is 10.0. The summed E-state index contributed by atoms with van der Waals surface area (Å²) in [4.78, 5) is 10.6. The third-order valence-electron chi connectivity index (χ3n) is 5.92. The lowest BCUT2D eigenvalue weighted by molar-refractivity contribution is 0.122. The molecule has 30 heavy (non-hydrogen) atoms. The molecule has 1 aromatic heterocycles. The minimum atomic E-state index is -0.535. The van der Waals surface area contributed by atoms with Crippen molar-refractivity contribution in [3.8, 4) is 5.88 Å². The standard InChI is InChI=1S/C22H30FN5O2/c1-24-17-4-2-16(3-5-17)15-30-21-20(23)14-25-22(27-21)26-18-6-8-19(9-7-18)28-10-12-29-13-11-28/h6-9,14,16-17,24H,2-5,10-13,15H2,1H3,(H,25,26,27)/t16-,17-. The van der Waals surface area contributed by atoms with Crippen LogP contribution in [0.2, 0.25) is 0 Å². The first-order chi connectivity index (χ1) is 14.7. The Balaban J connectivity index is 1.33. The minimum absolute atomic E-state index is 0.00757. The summed E-state index contributed by atoms with van der Waals surface area (Å²) >= 11 is 0. The van der Waals surface area contributed by atoms with Crippen LogP contribution in [0.5, 0.6) is 5.88 Å². The Labute approximate surface area is 177 Å². The van der Waals surface area contributed by atoms with Crippen LogP contribution in [0.25, 0.3) is 0 Å². The molecule has 8 heteroatoms. The van der Waals surface area contributed by atoms with E-state index < -0.39 is 5.82 Å². The van der Waals surface area contributed by atoms with Crippen molar-refractivity contribution in [2.45, 2.75) is 31.7 Å². The molecule has 2 aromatic rings. The number of anilines is 3. The Morgan fingerprint density at radius 1 is 1.13 bits per heavy atom. The number of halogens is 1. The molecule has 1 aromatic carbocycles. The van der Waals surface area contributed by atoms with Crippen molar-refractivity contribution in [3.63, 3.8) is 0 Å². The van der Waals surface area contributed by atoms with Crippen molar-refractivity contribution in [2.24, 2.45) is 5.92 Å². The fourth-order valence-corrected chi connectivity index (χ4v) is 4.03. The number of rotatable bonds is 7. The number of nitrogens with one attached hydrogen (secondary N) is 2. The van der Waals surface area contributed by atoms with Gasteiger partial charge in [0.2, 0.25) is 11.8 Å². The fourth-order valence-electron chi connectivity index (χ4n) is 4.03. The molecule has 1 saturated carbocycles. The number of morpholine rings is 1. The van der Waals surface area contributed by atoms with Gasteiger partial charge < -0.3 is 25.0 Å². The average molecular weight is 416 g/mol. The topological polar surface area (TPSA) is 71.5 Å². The SMILES string of the molecule is CN[C@H]1CC[C@H](COc2nc(Nc3ccc(N4CCOCC4)cc3)ncc2F)CC1. The van der Waals surface area contributed by atoms with Gasteiger partial charge in [0.15, 0.2) is 0 Å². The number of hydrogen-bond acceptors (Lipinski definition) is 7. The second-order valence-electron chi connectivity index (χ2n) is 7.94. The molecule has 2 aliphatic rings. The van der Waals surface area contributed by atoms with E-state index >= 15 is 0 Å². The summed E-state index contributed by atoms with van der Waals surface area (Å²) in [7, 11) is 2.00. The highest BCUT2D eigenvalue weighted by molar-refractivity contribution is 5.59. The van der Waals surface area contributed by atoms with E-state index in [1.165, 1.54) is 0 Å². The Hall–Kier alpha value is -2.45. The zero-order valence-corrected chi connectivity index (χ0v) is 17.4. The van der Waals surface area contributed by atoms with E-state index in [9.17, 15) is 4.39 Å². The molecule has 0 bridgehead atoms. The van der Waals surface area contributed by atoms with E-state index in [-0.39, 0.29) is 5.88 Å². The lowest BCUT2D eigenvalue weighted by Crippen LogP contribution is -2.36. The Kier molecular flexibility index (Phi) is 6.96. The molecule has 0 atom stereocenters. The summed E-state index contributed by atoms with van der Waals surface area (Å²) in [5, 5.41) is 6.45. The van der Waals surface area contributed by atoms with Crippen LogP contribution in [0.4, 0.5) is 21.7 Å². The summed E-state index contributed by atoms with van der Waals surface area (Å²) < 4.78 is 25.2. The molecule has 2 N–H and O–H groups in total.